The lowest BCUT2D eigenvalue weighted by molar-refractivity contribution is 0.294. The van der Waals surface area contributed by atoms with Crippen LogP contribution in [0.4, 0.5) is 0 Å². The Kier molecular flexibility index (Phi) is 4.84. The number of hydrogen-bond donors (Lipinski definition) is 1. The van der Waals surface area contributed by atoms with Crippen LogP contribution >= 0.6 is 0 Å². The molecule has 1 aliphatic rings. The molecule has 0 amide bonds. The number of nitrogens with one attached hydrogen (secondary N) is 1. The molecule has 0 radical (unpaired) electrons. The van der Waals surface area contributed by atoms with Gasteiger partial charge < -0.3 is 9.73 Å². The van der Waals surface area contributed by atoms with E-state index in [-0.39, 0.29) is 0 Å². The van der Waals surface area contributed by atoms with E-state index < -0.39 is 0 Å². The predicted molar refractivity (Wildman–Crippen MR) is 74.3 cm³/mol. The molecule has 1 unspecified atom stereocenters. The van der Waals surface area contributed by atoms with Crippen molar-refractivity contribution in [3.05, 3.63) is 23.7 Å². The maximum absolute atomic E-state index is 5.56. The lowest BCUT2D eigenvalue weighted by Crippen LogP contribution is -2.22. The molecule has 1 N–H and O–H groups in total. The van der Waals surface area contributed by atoms with Crippen LogP contribution in [0.3, 0.4) is 0 Å². The summed E-state index contributed by atoms with van der Waals surface area (Å²) < 4.78 is 5.56. The molecule has 2 heterocycles. The average molecular weight is 250 g/mol. The van der Waals surface area contributed by atoms with Crippen LogP contribution in [0, 0.1) is 11.8 Å². The van der Waals surface area contributed by atoms with Crippen LogP contribution in [0.2, 0.25) is 0 Å². The van der Waals surface area contributed by atoms with Gasteiger partial charge in [-0.2, -0.15) is 0 Å². The van der Waals surface area contributed by atoms with Gasteiger partial charge in [-0.3, -0.25) is 4.90 Å². The van der Waals surface area contributed by atoms with Crippen molar-refractivity contribution in [1.82, 2.24) is 10.2 Å². The number of furan rings is 1. The molecule has 1 aromatic rings. The summed E-state index contributed by atoms with van der Waals surface area (Å²) in [6, 6.07) is 2.12. The molecule has 3 heteroatoms. The first kappa shape index (κ1) is 13.6. The highest BCUT2D eigenvalue weighted by Gasteiger charge is 2.25. The minimum atomic E-state index is 0.806. The van der Waals surface area contributed by atoms with Gasteiger partial charge >= 0.3 is 0 Å². The van der Waals surface area contributed by atoms with Gasteiger partial charge in [-0.05, 0) is 37.4 Å². The van der Waals surface area contributed by atoms with Gasteiger partial charge in [0, 0.05) is 18.7 Å². The standard InChI is InChI=1S/C15H26N2O/c1-4-16-9-15-14(6-8-18-15)11-17-7-5-13(10-17)12(2)3/h6,8,12-13,16H,4-5,7,9-11H2,1-3H3. The summed E-state index contributed by atoms with van der Waals surface area (Å²) in [7, 11) is 0. The predicted octanol–water partition coefficient (Wildman–Crippen LogP) is 2.87. The van der Waals surface area contributed by atoms with Crippen molar-refractivity contribution >= 4 is 0 Å². The van der Waals surface area contributed by atoms with Crippen molar-refractivity contribution in [2.45, 2.75) is 40.3 Å². The molecule has 0 bridgehead atoms. The second kappa shape index (κ2) is 6.39. The van der Waals surface area contributed by atoms with Crippen LogP contribution in [-0.2, 0) is 13.1 Å². The van der Waals surface area contributed by atoms with E-state index in [0.29, 0.717) is 0 Å². The highest BCUT2D eigenvalue weighted by molar-refractivity contribution is 5.17. The highest BCUT2D eigenvalue weighted by atomic mass is 16.3. The zero-order valence-corrected chi connectivity index (χ0v) is 11.9. The minimum Gasteiger partial charge on any atom is -0.468 e. The Bertz CT molecular complexity index is 359. The molecule has 1 aliphatic heterocycles. The lowest BCUT2D eigenvalue weighted by atomic mass is 9.95. The fourth-order valence-electron chi connectivity index (χ4n) is 2.69. The molecule has 2 rings (SSSR count). The Morgan fingerprint density at radius 3 is 3.00 bits per heavy atom. The largest absolute Gasteiger partial charge is 0.468 e. The summed E-state index contributed by atoms with van der Waals surface area (Å²) in [5.41, 5.74) is 1.35. The van der Waals surface area contributed by atoms with E-state index >= 15 is 0 Å². The van der Waals surface area contributed by atoms with Gasteiger partial charge in [0.1, 0.15) is 5.76 Å². The molecule has 1 aromatic heterocycles. The second-order valence-corrected chi connectivity index (χ2v) is 5.68. The van der Waals surface area contributed by atoms with Crippen LogP contribution in [0.25, 0.3) is 0 Å². The van der Waals surface area contributed by atoms with E-state index in [4.69, 9.17) is 4.42 Å². The quantitative estimate of drug-likeness (QED) is 0.841. The summed E-state index contributed by atoms with van der Waals surface area (Å²) >= 11 is 0. The summed E-state index contributed by atoms with van der Waals surface area (Å²) in [4.78, 5) is 2.56. The first-order chi connectivity index (χ1) is 8.70. The van der Waals surface area contributed by atoms with Crippen molar-refractivity contribution in [2.24, 2.45) is 11.8 Å². The van der Waals surface area contributed by atoms with E-state index in [1.54, 1.807) is 0 Å². The Balaban J connectivity index is 1.88. The zero-order chi connectivity index (χ0) is 13.0. The van der Waals surface area contributed by atoms with Crippen LogP contribution in [0.15, 0.2) is 16.7 Å². The summed E-state index contributed by atoms with van der Waals surface area (Å²) in [6.07, 6.45) is 3.16. The van der Waals surface area contributed by atoms with E-state index in [1.165, 1.54) is 25.1 Å². The van der Waals surface area contributed by atoms with Gasteiger partial charge in [-0.15, -0.1) is 0 Å². The maximum atomic E-state index is 5.56. The Morgan fingerprint density at radius 1 is 1.50 bits per heavy atom. The fourth-order valence-corrected chi connectivity index (χ4v) is 2.69. The molecule has 1 fully saturated rings. The van der Waals surface area contributed by atoms with Crippen molar-refractivity contribution < 1.29 is 4.42 Å². The summed E-state index contributed by atoms with van der Waals surface area (Å²) in [5, 5.41) is 3.33. The third-order valence-electron chi connectivity index (χ3n) is 4.02. The normalized spacial score (nSPS) is 21.0. The van der Waals surface area contributed by atoms with E-state index in [0.717, 1.165) is 37.2 Å². The molecule has 0 saturated carbocycles. The summed E-state index contributed by atoms with van der Waals surface area (Å²) in [5.74, 6) is 2.78. The molecule has 0 spiro atoms. The fraction of sp³-hybridized carbons (Fsp3) is 0.733. The molecule has 0 aliphatic carbocycles. The second-order valence-electron chi connectivity index (χ2n) is 5.68. The first-order valence-corrected chi connectivity index (χ1v) is 7.19. The lowest BCUT2D eigenvalue weighted by Gasteiger charge is -2.17. The van der Waals surface area contributed by atoms with Crippen molar-refractivity contribution in [1.29, 1.82) is 0 Å². The third kappa shape index (κ3) is 3.36. The van der Waals surface area contributed by atoms with E-state index in [9.17, 15) is 0 Å². The molecular formula is C15H26N2O. The van der Waals surface area contributed by atoms with Crippen LogP contribution in [-0.4, -0.2) is 24.5 Å². The van der Waals surface area contributed by atoms with E-state index in [2.05, 4.69) is 37.1 Å². The average Bonchev–Trinajstić information content (AvgIpc) is 2.96. The van der Waals surface area contributed by atoms with Gasteiger partial charge in [-0.25, -0.2) is 0 Å². The SMILES string of the molecule is CCNCc1occc1CN1CCC(C(C)C)C1. The summed E-state index contributed by atoms with van der Waals surface area (Å²) in [6.45, 7) is 12.1. The third-order valence-corrected chi connectivity index (χ3v) is 4.02. The van der Waals surface area contributed by atoms with Crippen LogP contribution in [0.1, 0.15) is 38.5 Å². The van der Waals surface area contributed by atoms with Gasteiger partial charge in [0.05, 0.1) is 12.8 Å². The molecule has 102 valence electrons. The zero-order valence-electron chi connectivity index (χ0n) is 11.9. The number of likely N-dealkylation sites (tertiary alicyclic amines) is 1. The van der Waals surface area contributed by atoms with Crippen LogP contribution in [0.5, 0.6) is 0 Å². The van der Waals surface area contributed by atoms with Gasteiger partial charge in [0.15, 0.2) is 0 Å². The maximum Gasteiger partial charge on any atom is 0.122 e. The molecular weight excluding hydrogens is 224 g/mol. The molecule has 0 aromatic carbocycles. The van der Waals surface area contributed by atoms with Crippen LogP contribution < -0.4 is 5.32 Å². The molecule has 18 heavy (non-hydrogen) atoms. The Hall–Kier alpha value is -0.800. The van der Waals surface area contributed by atoms with Crippen molar-refractivity contribution in [3.8, 4) is 0 Å². The number of rotatable bonds is 6. The minimum absolute atomic E-state index is 0.806. The monoisotopic (exact) mass is 250 g/mol. The number of hydrogen-bond acceptors (Lipinski definition) is 3. The highest BCUT2D eigenvalue weighted by Crippen LogP contribution is 2.25. The molecule has 1 atom stereocenters. The molecule has 3 nitrogen and oxygen atoms in total. The van der Waals surface area contributed by atoms with Gasteiger partial charge in [-0.1, -0.05) is 20.8 Å². The topological polar surface area (TPSA) is 28.4 Å². The Labute approximate surface area is 111 Å². The van der Waals surface area contributed by atoms with Gasteiger partial charge in [0.2, 0.25) is 0 Å². The van der Waals surface area contributed by atoms with Crippen molar-refractivity contribution in [3.63, 3.8) is 0 Å². The molecule has 1 saturated heterocycles. The first-order valence-electron chi connectivity index (χ1n) is 7.19. The Morgan fingerprint density at radius 2 is 2.33 bits per heavy atom. The van der Waals surface area contributed by atoms with E-state index in [1.807, 2.05) is 6.26 Å². The smallest absolute Gasteiger partial charge is 0.122 e. The van der Waals surface area contributed by atoms with Crippen molar-refractivity contribution in [2.75, 3.05) is 19.6 Å². The van der Waals surface area contributed by atoms with Gasteiger partial charge in [0.25, 0.3) is 0 Å². The number of nitrogens with zero attached hydrogens (tertiary/aromatic N) is 1.